The monoisotopic (exact) mass is 269 g/mol. The molecule has 0 amide bonds. The van der Waals surface area contributed by atoms with E-state index >= 15 is 0 Å². The number of nitrogens with two attached hydrogens (primary N) is 1. The van der Waals surface area contributed by atoms with Crippen LogP contribution >= 0.6 is 11.3 Å². The molecule has 0 spiro atoms. The molecule has 3 rings (SSSR count). The van der Waals surface area contributed by atoms with Gasteiger partial charge in [-0.2, -0.15) is 5.26 Å². The molecule has 0 radical (unpaired) electrons. The molecule has 0 saturated carbocycles. The first-order valence-corrected chi connectivity index (χ1v) is 7.21. The van der Waals surface area contributed by atoms with Gasteiger partial charge in [0.05, 0.1) is 11.6 Å². The SMILES string of the molecule is CC1c2ccsc2CCN1c1ccc(N)c(C#N)c1. The number of nitrogen functional groups attached to an aromatic ring is 1. The maximum Gasteiger partial charge on any atom is 0.101 e. The zero-order chi connectivity index (χ0) is 13.4. The van der Waals surface area contributed by atoms with Crippen LogP contribution in [0.2, 0.25) is 0 Å². The molecule has 1 unspecified atom stereocenters. The van der Waals surface area contributed by atoms with E-state index in [1.807, 2.05) is 29.5 Å². The number of anilines is 2. The molecule has 1 atom stereocenters. The predicted molar refractivity (Wildman–Crippen MR) is 79.4 cm³/mol. The summed E-state index contributed by atoms with van der Waals surface area (Å²) in [6.07, 6.45) is 1.07. The molecule has 3 nitrogen and oxygen atoms in total. The number of hydrogen-bond acceptors (Lipinski definition) is 4. The number of nitriles is 1. The van der Waals surface area contributed by atoms with Gasteiger partial charge in [-0.05, 0) is 48.6 Å². The predicted octanol–water partition coefficient (Wildman–Crippen LogP) is 3.33. The first-order valence-electron chi connectivity index (χ1n) is 6.33. The quantitative estimate of drug-likeness (QED) is 0.808. The molecular formula is C15H15N3S. The summed E-state index contributed by atoms with van der Waals surface area (Å²) in [4.78, 5) is 3.83. The molecule has 2 aromatic rings. The second-order valence-electron chi connectivity index (χ2n) is 4.80. The second kappa shape index (κ2) is 4.60. The Kier molecular flexibility index (Phi) is 2.92. The molecule has 96 valence electrons. The maximum absolute atomic E-state index is 9.09. The standard InChI is InChI=1S/C15H15N3S/c1-10-13-5-7-19-15(13)4-6-18(10)12-2-3-14(17)11(8-12)9-16/h2-3,5,7-8,10H,4,6,17H2,1H3. The third kappa shape index (κ3) is 1.96. The topological polar surface area (TPSA) is 53.0 Å². The maximum atomic E-state index is 9.09. The summed E-state index contributed by atoms with van der Waals surface area (Å²) in [5.74, 6) is 0. The van der Waals surface area contributed by atoms with Crippen LogP contribution in [-0.2, 0) is 6.42 Å². The number of hydrogen-bond donors (Lipinski definition) is 1. The second-order valence-corrected chi connectivity index (χ2v) is 5.80. The van der Waals surface area contributed by atoms with Crippen LogP contribution in [0.25, 0.3) is 0 Å². The summed E-state index contributed by atoms with van der Waals surface area (Å²) in [6.45, 7) is 3.20. The Morgan fingerprint density at radius 1 is 1.42 bits per heavy atom. The first-order chi connectivity index (χ1) is 9.20. The Labute approximate surface area is 116 Å². The molecular weight excluding hydrogens is 254 g/mol. The van der Waals surface area contributed by atoms with E-state index in [9.17, 15) is 0 Å². The van der Waals surface area contributed by atoms with Gasteiger partial charge in [-0.3, -0.25) is 0 Å². The zero-order valence-electron chi connectivity index (χ0n) is 10.8. The molecule has 0 saturated heterocycles. The summed E-state index contributed by atoms with van der Waals surface area (Å²) in [7, 11) is 0. The summed E-state index contributed by atoms with van der Waals surface area (Å²) in [6, 6.07) is 10.4. The minimum Gasteiger partial charge on any atom is -0.398 e. The number of nitrogens with zero attached hydrogens (tertiary/aromatic N) is 2. The molecule has 4 heteroatoms. The number of rotatable bonds is 1. The average Bonchev–Trinajstić information content (AvgIpc) is 2.89. The van der Waals surface area contributed by atoms with E-state index in [1.54, 1.807) is 0 Å². The van der Waals surface area contributed by atoms with Gasteiger partial charge in [0, 0.05) is 22.8 Å². The van der Waals surface area contributed by atoms with Gasteiger partial charge in [-0.25, -0.2) is 0 Å². The lowest BCUT2D eigenvalue weighted by Gasteiger charge is -2.35. The van der Waals surface area contributed by atoms with Gasteiger partial charge in [-0.15, -0.1) is 11.3 Å². The van der Waals surface area contributed by atoms with Crippen LogP contribution in [0.3, 0.4) is 0 Å². The Morgan fingerprint density at radius 2 is 2.26 bits per heavy atom. The van der Waals surface area contributed by atoms with Crippen molar-refractivity contribution in [2.45, 2.75) is 19.4 Å². The highest BCUT2D eigenvalue weighted by molar-refractivity contribution is 7.10. The smallest absolute Gasteiger partial charge is 0.101 e. The average molecular weight is 269 g/mol. The zero-order valence-corrected chi connectivity index (χ0v) is 11.6. The number of fused-ring (bicyclic) bond motifs is 1. The van der Waals surface area contributed by atoms with Gasteiger partial charge < -0.3 is 10.6 Å². The first kappa shape index (κ1) is 12.1. The minimum atomic E-state index is 0.352. The van der Waals surface area contributed by atoms with E-state index < -0.39 is 0 Å². The van der Waals surface area contributed by atoms with Gasteiger partial charge in [0.1, 0.15) is 6.07 Å². The van der Waals surface area contributed by atoms with E-state index in [2.05, 4.69) is 29.3 Å². The van der Waals surface area contributed by atoms with Crippen LogP contribution in [0.4, 0.5) is 11.4 Å². The van der Waals surface area contributed by atoms with Crippen molar-refractivity contribution in [2.24, 2.45) is 0 Å². The van der Waals surface area contributed by atoms with E-state index in [4.69, 9.17) is 11.0 Å². The third-order valence-corrected chi connectivity index (χ3v) is 4.76. The van der Waals surface area contributed by atoms with Crippen molar-refractivity contribution in [3.05, 3.63) is 45.6 Å². The fourth-order valence-electron chi connectivity index (χ4n) is 2.68. The number of benzene rings is 1. The van der Waals surface area contributed by atoms with Crippen molar-refractivity contribution in [3.8, 4) is 6.07 Å². The largest absolute Gasteiger partial charge is 0.398 e. The van der Waals surface area contributed by atoms with Crippen LogP contribution in [-0.4, -0.2) is 6.54 Å². The molecule has 2 heterocycles. The Bertz CT molecular complexity index is 654. The van der Waals surface area contributed by atoms with E-state index in [0.29, 0.717) is 17.3 Å². The van der Waals surface area contributed by atoms with Crippen LogP contribution in [0.5, 0.6) is 0 Å². The van der Waals surface area contributed by atoms with Crippen LogP contribution in [0.1, 0.15) is 29.0 Å². The van der Waals surface area contributed by atoms with E-state index in [1.165, 1.54) is 10.4 Å². The summed E-state index contributed by atoms with van der Waals surface area (Å²) in [5, 5.41) is 11.2. The lowest BCUT2D eigenvalue weighted by Crippen LogP contribution is -2.33. The van der Waals surface area contributed by atoms with Crippen molar-refractivity contribution < 1.29 is 0 Å². The van der Waals surface area contributed by atoms with Crippen molar-refractivity contribution >= 4 is 22.7 Å². The summed E-state index contributed by atoms with van der Waals surface area (Å²) >= 11 is 1.84. The van der Waals surface area contributed by atoms with Crippen molar-refractivity contribution in [1.29, 1.82) is 5.26 Å². The van der Waals surface area contributed by atoms with Crippen LogP contribution in [0, 0.1) is 11.3 Å². The highest BCUT2D eigenvalue weighted by Crippen LogP contribution is 2.36. The van der Waals surface area contributed by atoms with Crippen LogP contribution in [0.15, 0.2) is 29.6 Å². The molecule has 1 aromatic heterocycles. The van der Waals surface area contributed by atoms with Gasteiger partial charge in [0.25, 0.3) is 0 Å². The lowest BCUT2D eigenvalue weighted by molar-refractivity contribution is 0.633. The van der Waals surface area contributed by atoms with E-state index in [0.717, 1.165) is 18.7 Å². The molecule has 1 aromatic carbocycles. The number of thiophene rings is 1. The van der Waals surface area contributed by atoms with Crippen LogP contribution < -0.4 is 10.6 Å². The van der Waals surface area contributed by atoms with Gasteiger partial charge >= 0.3 is 0 Å². The van der Waals surface area contributed by atoms with Crippen molar-refractivity contribution in [3.63, 3.8) is 0 Å². The Morgan fingerprint density at radius 3 is 3.05 bits per heavy atom. The normalized spacial score (nSPS) is 17.9. The summed E-state index contributed by atoms with van der Waals surface area (Å²) < 4.78 is 0. The van der Waals surface area contributed by atoms with Crippen molar-refractivity contribution in [2.75, 3.05) is 17.2 Å². The van der Waals surface area contributed by atoms with Gasteiger partial charge in [0.2, 0.25) is 0 Å². The molecule has 19 heavy (non-hydrogen) atoms. The highest BCUT2D eigenvalue weighted by atomic mass is 32.1. The van der Waals surface area contributed by atoms with Crippen molar-refractivity contribution in [1.82, 2.24) is 0 Å². The molecule has 2 N–H and O–H groups in total. The molecule has 0 aliphatic carbocycles. The Balaban J connectivity index is 1.98. The minimum absolute atomic E-state index is 0.352. The fraction of sp³-hybridized carbons (Fsp3) is 0.267. The molecule has 1 aliphatic heterocycles. The van der Waals surface area contributed by atoms with Gasteiger partial charge in [0.15, 0.2) is 0 Å². The van der Waals surface area contributed by atoms with Gasteiger partial charge in [-0.1, -0.05) is 0 Å². The summed E-state index contributed by atoms with van der Waals surface area (Å²) in [5.41, 5.74) is 9.38. The Hall–Kier alpha value is -1.99. The van der Waals surface area contributed by atoms with E-state index in [-0.39, 0.29) is 0 Å². The lowest BCUT2D eigenvalue weighted by atomic mass is 10.00. The molecule has 0 bridgehead atoms. The molecule has 0 fully saturated rings. The highest BCUT2D eigenvalue weighted by Gasteiger charge is 2.25. The third-order valence-electron chi connectivity index (χ3n) is 3.77. The fourth-order valence-corrected chi connectivity index (χ4v) is 3.64. The molecule has 1 aliphatic rings.